The molecule has 1 aliphatic heterocycles. The molecule has 1 saturated heterocycles. The molecule has 0 radical (unpaired) electrons. The highest BCUT2D eigenvalue weighted by Crippen LogP contribution is 2.41. The van der Waals surface area contributed by atoms with Crippen molar-refractivity contribution in [3.63, 3.8) is 0 Å². The van der Waals surface area contributed by atoms with Crippen molar-refractivity contribution in [2.45, 2.75) is 45.8 Å². The molecule has 1 amide bonds. The fraction of sp³-hybridized carbons (Fsp3) is 0.308. The Morgan fingerprint density at radius 3 is 2.53 bits per heavy atom. The van der Waals surface area contributed by atoms with E-state index in [1.165, 1.54) is 0 Å². The maximum Gasteiger partial charge on any atom is 0.295 e. The number of ketones is 1. The molecule has 166 valence electrons. The summed E-state index contributed by atoms with van der Waals surface area (Å²) in [7, 11) is 0. The number of unbranched alkanes of at least 4 members (excludes halogenated alkanes) is 1. The van der Waals surface area contributed by atoms with Gasteiger partial charge >= 0.3 is 0 Å². The minimum absolute atomic E-state index is 0.0397. The Balaban J connectivity index is 1.84. The quantitative estimate of drug-likeness (QED) is 0.306. The number of ether oxygens (including phenoxy) is 1. The van der Waals surface area contributed by atoms with Crippen molar-refractivity contribution in [1.82, 2.24) is 9.88 Å². The number of aliphatic hydroxyl groups is 1. The maximum absolute atomic E-state index is 13.1. The fourth-order valence-corrected chi connectivity index (χ4v) is 4.20. The molecule has 2 aromatic carbocycles. The third-order valence-electron chi connectivity index (χ3n) is 5.70. The van der Waals surface area contributed by atoms with Gasteiger partial charge in [-0.05, 0) is 44.0 Å². The van der Waals surface area contributed by atoms with Crippen LogP contribution in [0.3, 0.4) is 0 Å². The second-order valence-corrected chi connectivity index (χ2v) is 8.33. The number of para-hydroxylation sites is 1. The van der Waals surface area contributed by atoms with Crippen LogP contribution in [0.5, 0.6) is 5.75 Å². The minimum atomic E-state index is -0.656. The van der Waals surface area contributed by atoms with Gasteiger partial charge in [-0.1, -0.05) is 43.7 Å². The van der Waals surface area contributed by atoms with Crippen molar-refractivity contribution >= 4 is 28.4 Å². The van der Waals surface area contributed by atoms with Gasteiger partial charge in [0, 0.05) is 29.2 Å². The first-order valence-electron chi connectivity index (χ1n) is 11.0. The molecule has 0 bridgehead atoms. The van der Waals surface area contributed by atoms with Crippen molar-refractivity contribution in [2.75, 3.05) is 6.54 Å². The number of rotatable bonds is 7. The molecule has 4 rings (SSSR count). The SMILES string of the molecule is CCCCN1C(=O)C(=O)/C(=C(\O)c2c[nH]c3ccccc23)C1c1ccc(OC(C)C)cc1. The first-order chi connectivity index (χ1) is 15.4. The Morgan fingerprint density at radius 2 is 1.84 bits per heavy atom. The summed E-state index contributed by atoms with van der Waals surface area (Å²) in [6.45, 7) is 6.39. The van der Waals surface area contributed by atoms with E-state index in [9.17, 15) is 14.7 Å². The van der Waals surface area contributed by atoms with Crippen molar-refractivity contribution in [3.05, 3.63) is 71.4 Å². The number of H-pyrrole nitrogens is 1. The van der Waals surface area contributed by atoms with Crippen molar-refractivity contribution in [2.24, 2.45) is 0 Å². The number of aromatic amines is 1. The van der Waals surface area contributed by atoms with E-state index >= 15 is 0 Å². The van der Waals surface area contributed by atoms with Gasteiger partial charge in [-0.15, -0.1) is 0 Å². The van der Waals surface area contributed by atoms with Crippen LogP contribution in [0.4, 0.5) is 0 Å². The lowest BCUT2D eigenvalue weighted by atomic mass is 9.95. The highest BCUT2D eigenvalue weighted by Gasteiger charge is 2.45. The Bertz CT molecular complexity index is 1170. The topological polar surface area (TPSA) is 82.6 Å². The van der Waals surface area contributed by atoms with Crippen LogP contribution in [-0.4, -0.2) is 39.3 Å². The highest BCUT2D eigenvalue weighted by atomic mass is 16.5. The molecular formula is C26H28N2O4. The largest absolute Gasteiger partial charge is 0.507 e. The van der Waals surface area contributed by atoms with Gasteiger partial charge in [0.1, 0.15) is 11.5 Å². The predicted octanol–water partition coefficient (Wildman–Crippen LogP) is 5.18. The van der Waals surface area contributed by atoms with Crippen LogP contribution in [-0.2, 0) is 9.59 Å². The molecule has 6 nitrogen and oxygen atoms in total. The van der Waals surface area contributed by atoms with E-state index in [-0.39, 0.29) is 17.4 Å². The summed E-state index contributed by atoms with van der Waals surface area (Å²) in [5.74, 6) is -0.679. The number of fused-ring (bicyclic) bond motifs is 1. The zero-order valence-corrected chi connectivity index (χ0v) is 18.6. The second-order valence-electron chi connectivity index (χ2n) is 8.33. The van der Waals surface area contributed by atoms with Crippen LogP contribution in [0.15, 0.2) is 60.3 Å². The van der Waals surface area contributed by atoms with Crippen molar-refractivity contribution in [3.8, 4) is 5.75 Å². The van der Waals surface area contributed by atoms with E-state index in [4.69, 9.17) is 4.74 Å². The van der Waals surface area contributed by atoms with E-state index in [0.717, 1.165) is 29.3 Å². The fourth-order valence-electron chi connectivity index (χ4n) is 4.20. The van der Waals surface area contributed by atoms with Gasteiger partial charge in [-0.3, -0.25) is 9.59 Å². The number of hydrogen-bond acceptors (Lipinski definition) is 4. The monoisotopic (exact) mass is 432 g/mol. The zero-order chi connectivity index (χ0) is 22.8. The lowest BCUT2D eigenvalue weighted by molar-refractivity contribution is -0.139. The highest BCUT2D eigenvalue weighted by molar-refractivity contribution is 6.46. The van der Waals surface area contributed by atoms with E-state index < -0.39 is 17.7 Å². The Hall–Kier alpha value is -3.54. The van der Waals surface area contributed by atoms with Gasteiger partial charge in [0.25, 0.3) is 11.7 Å². The van der Waals surface area contributed by atoms with Crippen LogP contribution < -0.4 is 4.74 Å². The third kappa shape index (κ3) is 3.88. The number of amides is 1. The summed E-state index contributed by atoms with van der Waals surface area (Å²) >= 11 is 0. The summed E-state index contributed by atoms with van der Waals surface area (Å²) in [6.07, 6.45) is 3.37. The molecule has 1 aromatic heterocycles. The van der Waals surface area contributed by atoms with Gasteiger partial charge in [0.05, 0.1) is 17.7 Å². The number of benzene rings is 2. The van der Waals surface area contributed by atoms with E-state index in [2.05, 4.69) is 4.98 Å². The van der Waals surface area contributed by atoms with Crippen LogP contribution in [0.25, 0.3) is 16.7 Å². The Kier molecular flexibility index (Phi) is 6.04. The first kappa shape index (κ1) is 21.7. The van der Waals surface area contributed by atoms with Crippen LogP contribution in [0, 0.1) is 0 Å². The van der Waals surface area contributed by atoms with Gasteiger partial charge in [-0.25, -0.2) is 0 Å². The number of hydrogen-bond donors (Lipinski definition) is 2. The lowest BCUT2D eigenvalue weighted by Gasteiger charge is -2.25. The molecule has 1 unspecified atom stereocenters. The first-order valence-corrected chi connectivity index (χ1v) is 11.0. The summed E-state index contributed by atoms with van der Waals surface area (Å²) in [4.78, 5) is 30.8. The number of nitrogens with zero attached hydrogens (tertiary/aromatic N) is 1. The van der Waals surface area contributed by atoms with Crippen molar-refractivity contribution in [1.29, 1.82) is 0 Å². The number of aromatic nitrogens is 1. The predicted molar refractivity (Wildman–Crippen MR) is 124 cm³/mol. The number of Topliss-reactive ketones (excluding diaryl/α,β-unsaturated/α-hetero) is 1. The molecule has 2 N–H and O–H groups in total. The summed E-state index contributed by atoms with van der Waals surface area (Å²) in [5, 5.41) is 12.1. The molecule has 6 heteroatoms. The molecular weight excluding hydrogens is 404 g/mol. The minimum Gasteiger partial charge on any atom is -0.507 e. The summed E-state index contributed by atoms with van der Waals surface area (Å²) in [6, 6.07) is 14.3. The molecule has 0 saturated carbocycles. The molecule has 3 aromatic rings. The molecule has 0 aliphatic carbocycles. The second kappa shape index (κ2) is 8.91. The molecule has 1 atom stereocenters. The smallest absolute Gasteiger partial charge is 0.295 e. The Morgan fingerprint density at radius 1 is 1.12 bits per heavy atom. The molecule has 1 fully saturated rings. The number of carbonyl (C=O) groups is 2. The van der Waals surface area contributed by atoms with E-state index in [1.54, 1.807) is 11.1 Å². The normalized spacial score (nSPS) is 18.1. The van der Waals surface area contributed by atoms with Gasteiger partial charge in [0.2, 0.25) is 0 Å². The summed E-state index contributed by atoms with van der Waals surface area (Å²) in [5.41, 5.74) is 2.24. The molecule has 32 heavy (non-hydrogen) atoms. The van der Waals surface area contributed by atoms with Crippen LogP contribution in [0.1, 0.15) is 50.8 Å². The third-order valence-corrected chi connectivity index (χ3v) is 5.70. The van der Waals surface area contributed by atoms with Gasteiger partial charge < -0.3 is 19.7 Å². The lowest BCUT2D eigenvalue weighted by Crippen LogP contribution is -2.30. The molecule has 2 heterocycles. The maximum atomic E-state index is 13.1. The average molecular weight is 433 g/mol. The van der Waals surface area contributed by atoms with Crippen LogP contribution in [0.2, 0.25) is 0 Å². The number of carbonyl (C=O) groups excluding carboxylic acids is 2. The average Bonchev–Trinajstić information content (AvgIpc) is 3.32. The molecule has 1 aliphatic rings. The zero-order valence-electron chi connectivity index (χ0n) is 18.6. The molecule has 0 spiro atoms. The number of nitrogens with one attached hydrogen (secondary N) is 1. The summed E-state index contributed by atoms with van der Waals surface area (Å²) < 4.78 is 5.73. The number of aliphatic hydroxyl groups excluding tert-OH is 1. The standard InChI is InChI=1S/C26H28N2O4/c1-4-5-14-28-23(17-10-12-18(13-11-17)32-16(2)3)22(25(30)26(28)31)24(29)20-15-27-21-9-7-6-8-19(20)21/h6-13,15-16,23,27,29H,4-5,14H2,1-3H3/b24-22-. The van der Waals surface area contributed by atoms with E-state index in [0.29, 0.717) is 17.9 Å². The van der Waals surface area contributed by atoms with Gasteiger partial charge in [0.15, 0.2) is 0 Å². The van der Waals surface area contributed by atoms with Crippen LogP contribution >= 0.6 is 0 Å². The Labute approximate surface area is 187 Å². The van der Waals surface area contributed by atoms with Crippen molar-refractivity contribution < 1.29 is 19.4 Å². The van der Waals surface area contributed by atoms with Gasteiger partial charge in [-0.2, -0.15) is 0 Å². The van der Waals surface area contributed by atoms with E-state index in [1.807, 2.05) is 69.3 Å². The number of likely N-dealkylation sites (tertiary alicyclic amines) is 1.